The van der Waals surface area contributed by atoms with E-state index in [2.05, 4.69) is 19.1 Å². The van der Waals surface area contributed by atoms with Gasteiger partial charge in [0.25, 0.3) is 0 Å². The molecule has 0 unspecified atom stereocenters. The quantitative estimate of drug-likeness (QED) is 0.644. The lowest BCUT2D eigenvalue weighted by Crippen LogP contribution is -2.32. The van der Waals surface area contributed by atoms with Gasteiger partial charge in [-0.05, 0) is 54.3 Å². The Kier molecular flexibility index (Phi) is 5.02. The van der Waals surface area contributed by atoms with Crippen molar-refractivity contribution in [3.8, 4) is 11.5 Å². The number of carbonyl (C=O) groups excluding carboxylic acids is 1. The Bertz CT molecular complexity index is 1010. The summed E-state index contributed by atoms with van der Waals surface area (Å²) in [5.74, 6) is 1.48. The van der Waals surface area contributed by atoms with Crippen LogP contribution >= 0.6 is 0 Å². The average Bonchev–Trinajstić information content (AvgIpc) is 3.16. The van der Waals surface area contributed by atoms with Gasteiger partial charge in [-0.1, -0.05) is 48.5 Å². The fourth-order valence-electron chi connectivity index (χ4n) is 3.45. The van der Waals surface area contributed by atoms with Crippen LogP contribution in [-0.2, 0) is 17.8 Å². The summed E-state index contributed by atoms with van der Waals surface area (Å²) in [5.41, 5.74) is 5.26. The van der Waals surface area contributed by atoms with Crippen molar-refractivity contribution >= 4 is 11.6 Å². The van der Waals surface area contributed by atoms with Gasteiger partial charge < -0.3 is 14.4 Å². The lowest BCUT2D eigenvalue weighted by Gasteiger charge is -2.25. The number of benzene rings is 3. The van der Waals surface area contributed by atoms with Crippen molar-refractivity contribution in [3.63, 3.8) is 0 Å². The second kappa shape index (κ2) is 7.77. The van der Waals surface area contributed by atoms with Gasteiger partial charge in [-0.3, -0.25) is 4.79 Å². The lowest BCUT2D eigenvalue weighted by molar-refractivity contribution is -0.118. The van der Waals surface area contributed by atoms with Crippen LogP contribution in [0.25, 0.3) is 0 Å². The van der Waals surface area contributed by atoms with Crippen LogP contribution in [-0.4, -0.2) is 12.7 Å². The molecule has 0 radical (unpaired) electrons. The molecule has 0 aromatic heterocycles. The normalized spacial score (nSPS) is 12.1. The summed E-state index contributed by atoms with van der Waals surface area (Å²) < 4.78 is 10.8. The maximum absolute atomic E-state index is 13.3. The van der Waals surface area contributed by atoms with Crippen LogP contribution in [0.5, 0.6) is 11.5 Å². The number of hydrogen-bond donors (Lipinski definition) is 0. The van der Waals surface area contributed by atoms with Crippen LogP contribution in [0, 0.1) is 13.8 Å². The molecule has 0 saturated heterocycles. The predicted octanol–water partition coefficient (Wildman–Crippen LogP) is 4.81. The number of carbonyl (C=O) groups is 1. The van der Waals surface area contributed by atoms with Crippen LogP contribution in [0.15, 0.2) is 66.7 Å². The molecule has 4 nitrogen and oxygen atoms in total. The van der Waals surface area contributed by atoms with E-state index >= 15 is 0 Å². The van der Waals surface area contributed by atoms with Crippen molar-refractivity contribution in [3.05, 3.63) is 89.0 Å². The van der Waals surface area contributed by atoms with Crippen LogP contribution in [0.3, 0.4) is 0 Å². The summed E-state index contributed by atoms with van der Waals surface area (Å²) in [6, 6.07) is 21.9. The number of aryl methyl sites for hydroxylation is 2. The highest BCUT2D eigenvalue weighted by molar-refractivity contribution is 5.95. The van der Waals surface area contributed by atoms with Gasteiger partial charge in [0.2, 0.25) is 12.7 Å². The SMILES string of the molecule is Cc1ccccc1CN(C(=O)Cc1ccc2c(c1)OCO2)c1ccccc1C. The zero-order valence-corrected chi connectivity index (χ0v) is 16.1. The van der Waals surface area contributed by atoms with E-state index in [-0.39, 0.29) is 12.7 Å². The molecule has 4 heteroatoms. The molecular weight excluding hydrogens is 350 g/mol. The second-order valence-electron chi connectivity index (χ2n) is 7.06. The molecule has 0 spiro atoms. The van der Waals surface area contributed by atoms with E-state index in [0.717, 1.165) is 28.1 Å². The number of nitrogens with zero attached hydrogens (tertiary/aromatic N) is 1. The molecule has 0 aliphatic carbocycles. The minimum Gasteiger partial charge on any atom is -0.454 e. The van der Waals surface area contributed by atoms with E-state index in [1.807, 2.05) is 66.4 Å². The van der Waals surface area contributed by atoms with E-state index in [9.17, 15) is 4.79 Å². The first-order valence-corrected chi connectivity index (χ1v) is 9.41. The molecule has 0 atom stereocenters. The number of amides is 1. The van der Waals surface area contributed by atoms with Gasteiger partial charge in [0, 0.05) is 5.69 Å². The topological polar surface area (TPSA) is 38.8 Å². The van der Waals surface area contributed by atoms with Gasteiger partial charge in [-0.15, -0.1) is 0 Å². The molecule has 28 heavy (non-hydrogen) atoms. The third-order valence-electron chi connectivity index (χ3n) is 5.09. The summed E-state index contributed by atoms with van der Waals surface area (Å²) in [7, 11) is 0. The van der Waals surface area contributed by atoms with Crippen LogP contribution < -0.4 is 14.4 Å². The Labute approximate surface area is 165 Å². The Morgan fingerprint density at radius 3 is 2.39 bits per heavy atom. The lowest BCUT2D eigenvalue weighted by atomic mass is 10.1. The molecule has 3 aromatic carbocycles. The summed E-state index contributed by atoms with van der Waals surface area (Å²) in [4.78, 5) is 15.2. The van der Waals surface area contributed by atoms with Crippen LogP contribution in [0.4, 0.5) is 5.69 Å². The van der Waals surface area contributed by atoms with E-state index in [1.54, 1.807) is 0 Å². The first-order chi connectivity index (χ1) is 13.6. The van der Waals surface area contributed by atoms with Gasteiger partial charge in [0.1, 0.15) is 0 Å². The van der Waals surface area contributed by atoms with E-state index in [0.29, 0.717) is 18.7 Å². The van der Waals surface area contributed by atoms with Gasteiger partial charge in [-0.25, -0.2) is 0 Å². The molecule has 0 saturated carbocycles. The van der Waals surface area contributed by atoms with Crippen LogP contribution in [0.2, 0.25) is 0 Å². The molecule has 0 N–H and O–H groups in total. The van der Waals surface area contributed by atoms with Gasteiger partial charge >= 0.3 is 0 Å². The molecular formula is C24H23NO3. The molecule has 0 bridgehead atoms. The van der Waals surface area contributed by atoms with Crippen molar-refractivity contribution < 1.29 is 14.3 Å². The Balaban J connectivity index is 1.63. The molecule has 1 amide bonds. The maximum atomic E-state index is 13.3. The number of para-hydroxylation sites is 1. The summed E-state index contributed by atoms with van der Waals surface area (Å²) in [6.45, 7) is 4.89. The minimum atomic E-state index is 0.0522. The molecule has 1 aliphatic heterocycles. The molecule has 3 aromatic rings. The van der Waals surface area contributed by atoms with E-state index in [4.69, 9.17) is 9.47 Å². The van der Waals surface area contributed by atoms with E-state index in [1.165, 1.54) is 5.56 Å². The zero-order valence-electron chi connectivity index (χ0n) is 16.1. The number of rotatable bonds is 5. The number of anilines is 1. The van der Waals surface area contributed by atoms with Crippen molar-refractivity contribution in [2.24, 2.45) is 0 Å². The summed E-state index contributed by atoms with van der Waals surface area (Å²) in [5, 5.41) is 0. The second-order valence-corrected chi connectivity index (χ2v) is 7.06. The van der Waals surface area contributed by atoms with Crippen molar-refractivity contribution in [2.75, 3.05) is 11.7 Å². The zero-order chi connectivity index (χ0) is 19.5. The molecule has 4 rings (SSSR count). The van der Waals surface area contributed by atoms with Crippen LogP contribution in [0.1, 0.15) is 22.3 Å². The average molecular weight is 373 g/mol. The number of fused-ring (bicyclic) bond motifs is 1. The fraction of sp³-hybridized carbons (Fsp3) is 0.208. The largest absolute Gasteiger partial charge is 0.454 e. The third kappa shape index (κ3) is 3.72. The van der Waals surface area contributed by atoms with Gasteiger partial charge in [0.15, 0.2) is 11.5 Å². The molecule has 142 valence electrons. The highest BCUT2D eigenvalue weighted by Gasteiger charge is 2.20. The minimum absolute atomic E-state index is 0.0522. The molecule has 0 fully saturated rings. The van der Waals surface area contributed by atoms with Gasteiger partial charge in [-0.2, -0.15) is 0 Å². The summed E-state index contributed by atoms with van der Waals surface area (Å²) in [6.07, 6.45) is 0.302. The van der Waals surface area contributed by atoms with Crippen molar-refractivity contribution in [1.29, 1.82) is 0 Å². The smallest absolute Gasteiger partial charge is 0.231 e. The maximum Gasteiger partial charge on any atom is 0.231 e. The predicted molar refractivity (Wildman–Crippen MR) is 110 cm³/mol. The fourth-order valence-corrected chi connectivity index (χ4v) is 3.45. The first-order valence-electron chi connectivity index (χ1n) is 9.41. The monoisotopic (exact) mass is 373 g/mol. The number of hydrogen-bond acceptors (Lipinski definition) is 3. The Morgan fingerprint density at radius 1 is 0.893 bits per heavy atom. The highest BCUT2D eigenvalue weighted by atomic mass is 16.7. The third-order valence-corrected chi connectivity index (χ3v) is 5.09. The standard InChI is InChI=1S/C24H23NO3/c1-17-7-3-5-9-20(17)15-25(21-10-6-4-8-18(21)2)24(26)14-19-11-12-22-23(13-19)28-16-27-22/h3-13H,14-16H2,1-2H3. The van der Waals surface area contributed by atoms with E-state index < -0.39 is 0 Å². The molecule has 1 aliphatic rings. The number of ether oxygens (including phenoxy) is 2. The Hall–Kier alpha value is -3.27. The first kappa shape index (κ1) is 18.1. The van der Waals surface area contributed by atoms with Crippen molar-refractivity contribution in [1.82, 2.24) is 0 Å². The van der Waals surface area contributed by atoms with Crippen molar-refractivity contribution in [2.45, 2.75) is 26.8 Å². The summed E-state index contributed by atoms with van der Waals surface area (Å²) >= 11 is 0. The highest BCUT2D eigenvalue weighted by Crippen LogP contribution is 2.33. The molecule has 1 heterocycles. The Morgan fingerprint density at radius 2 is 1.61 bits per heavy atom. The van der Waals surface area contributed by atoms with Gasteiger partial charge in [0.05, 0.1) is 13.0 Å².